The van der Waals surface area contributed by atoms with Crippen LogP contribution in [0.15, 0.2) is 58.3 Å². The number of benzene rings is 2. The van der Waals surface area contributed by atoms with Crippen LogP contribution in [0.2, 0.25) is 0 Å². The van der Waals surface area contributed by atoms with Gasteiger partial charge in [0, 0.05) is 21.7 Å². The molecule has 1 aromatic heterocycles. The normalized spacial score (nSPS) is 11.1. The van der Waals surface area contributed by atoms with Crippen LogP contribution in [0.1, 0.15) is 36.8 Å². The van der Waals surface area contributed by atoms with Gasteiger partial charge in [0.2, 0.25) is 0 Å². The van der Waals surface area contributed by atoms with E-state index >= 15 is 0 Å². The number of thioether (sulfide) groups is 1. The first-order valence-electron chi connectivity index (χ1n) is 9.41. The monoisotopic (exact) mass is 459 g/mol. The lowest BCUT2D eigenvalue weighted by atomic mass is 10.2. The van der Waals surface area contributed by atoms with E-state index in [2.05, 4.69) is 15.6 Å². The quantitative estimate of drug-likeness (QED) is 0.431. The minimum absolute atomic E-state index is 0.0850. The number of hydrogen-bond donors (Lipinski definition) is 2. The van der Waals surface area contributed by atoms with Crippen LogP contribution in [0.25, 0.3) is 0 Å². The van der Waals surface area contributed by atoms with Gasteiger partial charge in [0.25, 0.3) is 5.91 Å². The number of thiazole rings is 1. The highest BCUT2D eigenvalue weighted by Crippen LogP contribution is 2.28. The van der Waals surface area contributed by atoms with E-state index in [0.29, 0.717) is 17.0 Å². The second-order valence-electron chi connectivity index (χ2n) is 7.54. The van der Waals surface area contributed by atoms with E-state index in [9.17, 15) is 14.0 Å². The number of rotatable bonds is 6. The van der Waals surface area contributed by atoms with Crippen LogP contribution in [0.3, 0.4) is 0 Å². The number of nitrogens with one attached hydrogen (secondary N) is 2. The summed E-state index contributed by atoms with van der Waals surface area (Å²) in [5.74, 6) is -0.326. The molecule has 0 aliphatic carbocycles. The molecule has 0 saturated carbocycles. The molecular formula is C22H22FN3O3S2. The van der Waals surface area contributed by atoms with Gasteiger partial charge >= 0.3 is 6.09 Å². The molecular weight excluding hydrogens is 437 g/mol. The number of hydrogen-bond acceptors (Lipinski definition) is 6. The molecule has 31 heavy (non-hydrogen) atoms. The van der Waals surface area contributed by atoms with Gasteiger partial charge in [-0.05, 0) is 51.1 Å². The fraction of sp³-hybridized carbons (Fsp3) is 0.227. The van der Waals surface area contributed by atoms with Crippen LogP contribution in [-0.4, -0.2) is 22.6 Å². The van der Waals surface area contributed by atoms with E-state index in [1.54, 1.807) is 38.4 Å². The molecule has 0 fully saturated rings. The molecule has 0 bridgehead atoms. The highest BCUT2D eigenvalue weighted by molar-refractivity contribution is 7.98. The van der Waals surface area contributed by atoms with Gasteiger partial charge in [-0.2, -0.15) is 0 Å². The van der Waals surface area contributed by atoms with Crippen molar-refractivity contribution in [1.29, 1.82) is 0 Å². The van der Waals surface area contributed by atoms with Crippen molar-refractivity contribution in [2.75, 3.05) is 10.6 Å². The van der Waals surface area contributed by atoms with E-state index in [-0.39, 0.29) is 11.6 Å². The van der Waals surface area contributed by atoms with E-state index in [0.717, 1.165) is 10.6 Å². The van der Waals surface area contributed by atoms with Crippen molar-refractivity contribution < 1.29 is 18.7 Å². The maximum absolute atomic E-state index is 14.1. The van der Waals surface area contributed by atoms with Gasteiger partial charge in [-0.15, -0.1) is 23.1 Å². The molecule has 3 aromatic rings. The van der Waals surface area contributed by atoms with Gasteiger partial charge in [0.05, 0.1) is 22.5 Å². The number of ether oxygens (including phenoxy) is 1. The summed E-state index contributed by atoms with van der Waals surface area (Å²) in [6.07, 6.45) is -0.779. The zero-order valence-electron chi connectivity index (χ0n) is 17.3. The number of halogens is 1. The second kappa shape index (κ2) is 9.93. The van der Waals surface area contributed by atoms with Gasteiger partial charge in [0.15, 0.2) is 0 Å². The number of nitrogens with zero attached hydrogens (tertiary/aromatic N) is 1. The van der Waals surface area contributed by atoms with Crippen LogP contribution in [0.4, 0.5) is 20.6 Å². The Balaban J connectivity index is 1.71. The van der Waals surface area contributed by atoms with Gasteiger partial charge < -0.3 is 10.1 Å². The van der Waals surface area contributed by atoms with Gasteiger partial charge in [-0.3, -0.25) is 10.1 Å². The Labute approximate surface area is 188 Å². The average Bonchev–Trinajstić information content (AvgIpc) is 3.21. The Kier molecular flexibility index (Phi) is 7.29. The smallest absolute Gasteiger partial charge is 0.412 e. The Bertz CT molecular complexity index is 1070. The third-order valence-electron chi connectivity index (χ3n) is 3.85. The lowest BCUT2D eigenvalue weighted by molar-refractivity contribution is 0.0635. The van der Waals surface area contributed by atoms with Crippen LogP contribution in [0, 0.1) is 5.82 Å². The van der Waals surface area contributed by atoms with Crippen molar-refractivity contribution in [1.82, 2.24) is 4.98 Å². The highest BCUT2D eigenvalue weighted by atomic mass is 32.2. The first kappa shape index (κ1) is 22.8. The highest BCUT2D eigenvalue weighted by Gasteiger charge is 2.18. The molecule has 1 heterocycles. The fourth-order valence-electron chi connectivity index (χ4n) is 2.55. The molecule has 0 atom stereocenters. The minimum Gasteiger partial charge on any atom is -0.444 e. The lowest BCUT2D eigenvalue weighted by Gasteiger charge is -2.20. The molecule has 9 heteroatoms. The van der Waals surface area contributed by atoms with Crippen molar-refractivity contribution in [2.45, 2.75) is 37.0 Å². The predicted molar refractivity (Wildman–Crippen MR) is 122 cm³/mol. The fourth-order valence-corrected chi connectivity index (χ4v) is 4.17. The van der Waals surface area contributed by atoms with E-state index in [1.807, 2.05) is 17.5 Å². The summed E-state index contributed by atoms with van der Waals surface area (Å²) in [6.45, 7) is 5.14. The Morgan fingerprint density at radius 3 is 2.65 bits per heavy atom. The molecule has 2 aromatic carbocycles. The summed E-state index contributed by atoms with van der Waals surface area (Å²) in [6, 6.07) is 11.2. The molecule has 162 valence electrons. The van der Waals surface area contributed by atoms with E-state index in [1.165, 1.54) is 41.3 Å². The Morgan fingerprint density at radius 2 is 1.94 bits per heavy atom. The minimum atomic E-state index is -0.779. The average molecular weight is 460 g/mol. The molecule has 2 amide bonds. The molecule has 3 rings (SSSR count). The molecule has 0 radical (unpaired) electrons. The maximum Gasteiger partial charge on any atom is 0.412 e. The molecule has 2 N–H and O–H groups in total. The summed E-state index contributed by atoms with van der Waals surface area (Å²) < 4.78 is 19.3. The molecule has 0 saturated heterocycles. The van der Waals surface area contributed by atoms with Crippen molar-refractivity contribution in [3.63, 3.8) is 0 Å². The van der Waals surface area contributed by atoms with Crippen molar-refractivity contribution in [3.8, 4) is 0 Å². The van der Waals surface area contributed by atoms with Crippen molar-refractivity contribution >= 4 is 46.5 Å². The first-order valence-corrected chi connectivity index (χ1v) is 11.3. The molecule has 0 unspecified atom stereocenters. The number of amides is 2. The van der Waals surface area contributed by atoms with Crippen LogP contribution in [-0.2, 0) is 10.5 Å². The summed E-state index contributed by atoms with van der Waals surface area (Å²) in [4.78, 5) is 29.9. The van der Waals surface area contributed by atoms with Crippen molar-refractivity contribution in [3.05, 3.63) is 70.4 Å². The SMILES string of the molecule is CC(C)(C)OC(=O)Nc1cc(NC(=O)c2ccccc2SCc2cscn2)ccc1F. The number of aromatic nitrogens is 1. The Hall–Kier alpha value is -2.91. The van der Waals surface area contributed by atoms with E-state index < -0.39 is 17.5 Å². The van der Waals surface area contributed by atoms with Crippen LogP contribution in [0.5, 0.6) is 0 Å². The third kappa shape index (κ3) is 6.80. The zero-order valence-corrected chi connectivity index (χ0v) is 18.9. The number of carbonyl (C=O) groups excluding carboxylic acids is 2. The molecule has 0 aliphatic rings. The predicted octanol–water partition coefficient (Wildman–Crippen LogP) is 6.17. The number of carbonyl (C=O) groups is 2. The lowest BCUT2D eigenvalue weighted by Crippen LogP contribution is -2.27. The largest absolute Gasteiger partial charge is 0.444 e. The number of anilines is 2. The van der Waals surface area contributed by atoms with Gasteiger partial charge in [-0.1, -0.05) is 12.1 Å². The second-order valence-corrected chi connectivity index (χ2v) is 9.28. The zero-order chi connectivity index (χ0) is 22.4. The van der Waals surface area contributed by atoms with Crippen LogP contribution < -0.4 is 10.6 Å². The molecule has 6 nitrogen and oxygen atoms in total. The van der Waals surface area contributed by atoms with E-state index in [4.69, 9.17) is 4.74 Å². The summed E-state index contributed by atoms with van der Waals surface area (Å²) >= 11 is 3.04. The topological polar surface area (TPSA) is 80.3 Å². The van der Waals surface area contributed by atoms with Gasteiger partial charge in [-0.25, -0.2) is 14.2 Å². The maximum atomic E-state index is 14.1. The van der Waals surface area contributed by atoms with Crippen molar-refractivity contribution in [2.24, 2.45) is 0 Å². The summed E-state index contributed by atoms with van der Waals surface area (Å²) in [7, 11) is 0. The molecule has 0 aliphatic heterocycles. The van der Waals surface area contributed by atoms with Gasteiger partial charge in [0.1, 0.15) is 11.4 Å². The van der Waals surface area contributed by atoms with Crippen LogP contribution >= 0.6 is 23.1 Å². The standard InChI is InChI=1S/C22H22FN3O3S2/c1-22(2,3)29-21(28)26-18-10-14(8-9-17(18)23)25-20(27)16-6-4-5-7-19(16)31-12-15-11-30-13-24-15/h4-11,13H,12H2,1-3H3,(H,25,27)(H,26,28). The Morgan fingerprint density at radius 1 is 1.16 bits per heavy atom. The molecule has 0 spiro atoms. The first-order chi connectivity index (χ1) is 14.7. The third-order valence-corrected chi connectivity index (χ3v) is 5.59. The summed E-state index contributed by atoms with van der Waals surface area (Å²) in [5.41, 5.74) is 2.75. The summed E-state index contributed by atoms with van der Waals surface area (Å²) in [5, 5.41) is 7.09.